The molecule has 0 saturated heterocycles. The first kappa shape index (κ1) is 23.6. The summed E-state index contributed by atoms with van der Waals surface area (Å²) in [5.74, 6) is 0.910. The number of thioether (sulfide) groups is 1. The van der Waals surface area contributed by atoms with Gasteiger partial charge in [-0.15, -0.1) is 0 Å². The van der Waals surface area contributed by atoms with Crippen LogP contribution in [0.4, 0.5) is 5.69 Å². The number of nitrogens with one attached hydrogen (secondary N) is 2. The summed E-state index contributed by atoms with van der Waals surface area (Å²) < 4.78 is 5.88. The summed E-state index contributed by atoms with van der Waals surface area (Å²) in [6, 6.07) is 24.6. The Morgan fingerprint density at radius 1 is 0.909 bits per heavy atom. The van der Waals surface area contributed by atoms with Gasteiger partial charge in [-0.3, -0.25) is 0 Å². The van der Waals surface area contributed by atoms with Gasteiger partial charge in [0.1, 0.15) is 5.75 Å². The topological polar surface area (TPSA) is 73.8 Å². The zero-order chi connectivity index (χ0) is 22.9. The second-order valence-corrected chi connectivity index (χ2v) is 9.33. The molecule has 174 valence electrons. The number of anilines is 1. The molecule has 0 spiro atoms. The lowest BCUT2D eigenvalue weighted by Crippen LogP contribution is -2.24. The molecule has 0 radical (unpaired) electrons. The van der Waals surface area contributed by atoms with Crippen LogP contribution in [-0.4, -0.2) is 35.5 Å². The van der Waals surface area contributed by atoms with Crippen molar-refractivity contribution in [3.8, 4) is 5.75 Å². The quantitative estimate of drug-likeness (QED) is 0.290. The van der Waals surface area contributed by atoms with Crippen molar-refractivity contribution < 1.29 is 14.9 Å². The molecule has 1 heterocycles. The van der Waals surface area contributed by atoms with Gasteiger partial charge < -0.3 is 25.6 Å². The van der Waals surface area contributed by atoms with Crippen LogP contribution in [0.25, 0.3) is 0 Å². The van der Waals surface area contributed by atoms with Gasteiger partial charge in [-0.1, -0.05) is 66.4 Å². The summed E-state index contributed by atoms with van der Waals surface area (Å²) in [6.07, 6.45) is 3.53. The molecule has 33 heavy (non-hydrogen) atoms. The smallest absolute Gasteiger partial charge is 0.178 e. The fourth-order valence-corrected chi connectivity index (χ4v) is 4.94. The van der Waals surface area contributed by atoms with Crippen LogP contribution in [-0.2, 0) is 12.8 Å². The van der Waals surface area contributed by atoms with Gasteiger partial charge in [-0.05, 0) is 67.1 Å². The van der Waals surface area contributed by atoms with Crippen molar-refractivity contribution in [2.24, 2.45) is 0 Å². The molecule has 3 aromatic rings. The van der Waals surface area contributed by atoms with E-state index in [4.69, 9.17) is 4.74 Å². The Morgan fingerprint density at radius 3 is 2.52 bits per heavy atom. The van der Waals surface area contributed by atoms with Crippen molar-refractivity contribution >= 4 is 17.4 Å². The van der Waals surface area contributed by atoms with Gasteiger partial charge in [0.05, 0.1) is 18.4 Å². The Kier molecular flexibility index (Phi) is 8.66. The fourth-order valence-electron chi connectivity index (χ4n) is 3.94. The van der Waals surface area contributed by atoms with Gasteiger partial charge in [0.25, 0.3) is 0 Å². The van der Waals surface area contributed by atoms with E-state index >= 15 is 0 Å². The maximum Gasteiger partial charge on any atom is 0.178 e. The lowest BCUT2D eigenvalue weighted by Gasteiger charge is -2.15. The third kappa shape index (κ3) is 6.98. The lowest BCUT2D eigenvalue weighted by molar-refractivity contribution is 0.172. The Balaban J connectivity index is 1.12. The maximum atomic E-state index is 10.6. The van der Waals surface area contributed by atoms with E-state index in [-0.39, 0.29) is 0 Å². The summed E-state index contributed by atoms with van der Waals surface area (Å²) >= 11 is 1.34. The third-order valence-electron chi connectivity index (χ3n) is 5.74. The number of hydrogen-bond donors (Lipinski definition) is 4. The van der Waals surface area contributed by atoms with Crippen molar-refractivity contribution in [2.75, 3.05) is 25.0 Å². The number of benzene rings is 3. The highest BCUT2D eigenvalue weighted by atomic mass is 32.2. The first-order valence-corrected chi connectivity index (χ1v) is 12.5. The van der Waals surface area contributed by atoms with Gasteiger partial charge >= 0.3 is 0 Å². The Labute approximate surface area is 200 Å². The molecule has 0 bridgehead atoms. The van der Waals surface area contributed by atoms with Crippen LogP contribution in [0.2, 0.25) is 0 Å². The minimum atomic E-state index is -0.650. The van der Waals surface area contributed by atoms with Crippen LogP contribution >= 0.6 is 11.8 Å². The van der Waals surface area contributed by atoms with E-state index in [0.717, 1.165) is 60.7 Å². The molecular weight excluding hydrogens is 432 g/mol. The van der Waals surface area contributed by atoms with E-state index in [2.05, 4.69) is 53.1 Å². The molecule has 0 saturated carbocycles. The van der Waals surface area contributed by atoms with Gasteiger partial charge in [0.2, 0.25) is 0 Å². The summed E-state index contributed by atoms with van der Waals surface area (Å²) in [5, 5.41) is 26.7. The highest BCUT2D eigenvalue weighted by Gasteiger charge is 2.24. The van der Waals surface area contributed by atoms with Crippen LogP contribution in [0.5, 0.6) is 5.75 Å². The van der Waals surface area contributed by atoms with Crippen LogP contribution < -0.4 is 15.4 Å². The van der Waals surface area contributed by atoms with Gasteiger partial charge in [0.15, 0.2) is 5.56 Å². The van der Waals surface area contributed by atoms with Crippen LogP contribution in [0.3, 0.4) is 0 Å². The van der Waals surface area contributed by atoms with E-state index in [1.165, 1.54) is 22.9 Å². The average Bonchev–Trinajstić information content (AvgIpc) is 3.23. The Bertz CT molecular complexity index is 998. The van der Waals surface area contributed by atoms with E-state index < -0.39 is 11.7 Å². The number of ether oxygens (including phenoxy) is 1. The first-order chi connectivity index (χ1) is 16.2. The Hall–Kier alpha value is -2.51. The average molecular weight is 465 g/mol. The summed E-state index contributed by atoms with van der Waals surface area (Å²) in [5.41, 5.74) is 3.69. The second kappa shape index (κ2) is 12.1. The van der Waals surface area contributed by atoms with E-state index in [0.29, 0.717) is 6.54 Å². The number of unbranched alkanes of at least 4 members (excludes halogenated alkanes) is 1. The van der Waals surface area contributed by atoms with E-state index in [9.17, 15) is 10.2 Å². The SMILES string of the molecule is OC1Nc2cccc(C(O)CNCCc3ccc(OCCCCc4ccccc4)cc3)c2S1. The molecule has 1 aliphatic rings. The summed E-state index contributed by atoms with van der Waals surface area (Å²) in [4.78, 5) is 0.926. The maximum absolute atomic E-state index is 10.6. The number of rotatable bonds is 12. The molecule has 2 atom stereocenters. The minimum Gasteiger partial charge on any atom is -0.494 e. The van der Waals surface area contributed by atoms with E-state index in [1.807, 2.05) is 30.3 Å². The molecular formula is C27H32N2O3S. The normalized spacial score (nSPS) is 15.6. The molecule has 0 amide bonds. The number of aliphatic hydroxyl groups is 2. The molecule has 4 N–H and O–H groups in total. The summed E-state index contributed by atoms with van der Waals surface area (Å²) in [7, 11) is 0. The molecule has 5 nitrogen and oxygen atoms in total. The highest BCUT2D eigenvalue weighted by molar-refractivity contribution is 8.00. The predicted molar refractivity (Wildman–Crippen MR) is 135 cm³/mol. The number of hydrogen-bond acceptors (Lipinski definition) is 6. The van der Waals surface area contributed by atoms with Crippen molar-refractivity contribution in [1.29, 1.82) is 0 Å². The zero-order valence-corrected chi connectivity index (χ0v) is 19.6. The molecule has 0 aromatic heterocycles. The molecule has 2 unspecified atom stereocenters. The lowest BCUT2D eigenvalue weighted by atomic mass is 10.1. The van der Waals surface area contributed by atoms with Crippen molar-refractivity contribution in [3.05, 3.63) is 89.5 Å². The minimum absolute atomic E-state index is 0.470. The molecule has 4 rings (SSSR count). The van der Waals surface area contributed by atoms with Gasteiger partial charge in [0, 0.05) is 11.4 Å². The standard InChI is InChI=1S/C27H32N2O3S/c30-25(23-10-6-11-24-26(23)33-27(31)29-24)19-28-17-16-21-12-14-22(15-13-21)32-18-5-4-9-20-7-2-1-3-8-20/h1-3,6-8,10-15,25,27-31H,4-5,9,16-19H2. The largest absolute Gasteiger partial charge is 0.494 e. The molecule has 0 aliphatic carbocycles. The fraction of sp³-hybridized carbons (Fsp3) is 0.333. The van der Waals surface area contributed by atoms with Crippen molar-refractivity contribution in [2.45, 2.75) is 42.2 Å². The molecule has 6 heteroatoms. The van der Waals surface area contributed by atoms with Crippen LogP contribution in [0, 0.1) is 0 Å². The molecule has 3 aromatic carbocycles. The van der Waals surface area contributed by atoms with Crippen LogP contribution in [0.15, 0.2) is 77.7 Å². The monoisotopic (exact) mass is 464 g/mol. The Morgan fingerprint density at radius 2 is 1.70 bits per heavy atom. The predicted octanol–water partition coefficient (Wildman–Crippen LogP) is 4.75. The van der Waals surface area contributed by atoms with Gasteiger partial charge in [-0.25, -0.2) is 0 Å². The van der Waals surface area contributed by atoms with E-state index in [1.54, 1.807) is 0 Å². The number of fused-ring (bicyclic) bond motifs is 1. The third-order valence-corrected chi connectivity index (χ3v) is 6.77. The van der Waals surface area contributed by atoms with Crippen molar-refractivity contribution in [1.82, 2.24) is 5.32 Å². The summed E-state index contributed by atoms with van der Waals surface area (Å²) in [6.45, 7) is 1.98. The highest BCUT2D eigenvalue weighted by Crippen LogP contribution is 2.41. The van der Waals surface area contributed by atoms with Gasteiger partial charge in [-0.2, -0.15) is 0 Å². The zero-order valence-electron chi connectivity index (χ0n) is 18.7. The molecule has 1 aliphatic heterocycles. The van der Waals surface area contributed by atoms with Crippen LogP contribution in [0.1, 0.15) is 35.6 Å². The second-order valence-electron chi connectivity index (χ2n) is 8.24. The number of aliphatic hydroxyl groups excluding tert-OH is 2. The number of aryl methyl sites for hydroxylation is 1. The first-order valence-electron chi connectivity index (χ1n) is 11.6. The molecule has 0 fully saturated rings. The van der Waals surface area contributed by atoms with Crippen molar-refractivity contribution in [3.63, 3.8) is 0 Å².